The lowest BCUT2D eigenvalue weighted by Crippen LogP contribution is -2.22. The van der Waals surface area contributed by atoms with Gasteiger partial charge in [0, 0.05) is 25.0 Å². The molecule has 1 heterocycles. The first-order valence-electron chi connectivity index (χ1n) is 4.15. The molecule has 1 aromatic rings. The summed E-state index contributed by atoms with van der Waals surface area (Å²) in [6, 6.07) is 1.36. The first-order chi connectivity index (χ1) is 6.15. The van der Waals surface area contributed by atoms with Crippen molar-refractivity contribution >= 4 is 5.91 Å². The van der Waals surface area contributed by atoms with Gasteiger partial charge in [-0.05, 0) is 6.42 Å². The summed E-state index contributed by atoms with van der Waals surface area (Å²) in [5.41, 5.74) is 4.76. The van der Waals surface area contributed by atoms with Crippen molar-refractivity contribution in [1.29, 1.82) is 0 Å². The maximum Gasteiger partial charge on any atom is 0.254 e. The van der Waals surface area contributed by atoms with Crippen LogP contribution < -0.4 is 11.2 Å². The number of pyridine rings is 1. The summed E-state index contributed by atoms with van der Waals surface area (Å²) in [5.74, 6) is -0.671. The van der Waals surface area contributed by atoms with Crippen LogP contribution >= 0.6 is 0 Å². The zero-order valence-corrected chi connectivity index (χ0v) is 7.49. The minimum absolute atomic E-state index is 0.0518. The molecule has 0 saturated heterocycles. The second-order valence-corrected chi connectivity index (χ2v) is 2.82. The van der Waals surface area contributed by atoms with Crippen LogP contribution in [0.2, 0.25) is 0 Å². The van der Waals surface area contributed by atoms with E-state index in [1.54, 1.807) is 10.8 Å². The Hall–Kier alpha value is -1.58. The summed E-state index contributed by atoms with van der Waals surface area (Å²) in [5, 5.41) is 0. The second kappa shape index (κ2) is 3.89. The Morgan fingerprint density at radius 3 is 2.85 bits per heavy atom. The number of primary amides is 1. The average Bonchev–Trinajstić information content (AvgIpc) is 2.08. The van der Waals surface area contributed by atoms with Crippen LogP contribution in [-0.2, 0) is 6.54 Å². The highest BCUT2D eigenvalue weighted by atomic mass is 16.2. The quantitative estimate of drug-likeness (QED) is 0.729. The molecule has 2 N–H and O–H groups in total. The molecule has 0 radical (unpaired) electrons. The summed E-state index contributed by atoms with van der Waals surface area (Å²) in [7, 11) is 0. The Kier molecular flexibility index (Phi) is 2.84. The van der Waals surface area contributed by atoms with Gasteiger partial charge in [-0.25, -0.2) is 0 Å². The third kappa shape index (κ3) is 2.18. The van der Waals surface area contributed by atoms with Gasteiger partial charge in [-0.2, -0.15) is 0 Å². The lowest BCUT2D eigenvalue weighted by Gasteiger charge is -2.04. The summed E-state index contributed by atoms with van der Waals surface area (Å²) in [6.45, 7) is 2.79. The maximum absolute atomic E-state index is 11.1. The number of amides is 1. The zero-order valence-electron chi connectivity index (χ0n) is 7.49. The highest BCUT2D eigenvalue weighted by Gasteiger charge is 2.05. The summed E-state index contributed by atoms with van der Waals surface area (Å²) in [4.78, 5) is 21.9. The van der Waals surface area contributed by atoms with E-state index in [2.05, 4.69) is 0 Å². The van der Waals surface area contributed by atoms with E-state index < -0.39 is 5.91 Å². The van der Waals surface area contributed by atoms with Gasteiger partial charge in [0.25, 0.3) is 5.91 Å². The second-order valence-electron chi connectivity index (χ2n) is 2.82. The van der Waals surface area contributed by atoms with Crippen molar-refractivity contribution < 1.29 is 4.79 Å². The van der Waals surface area contributed by atoms with Crippen molar-refractivity contribution in [3.63, 3.8) is 0 Å². The van der Waals surface area contributed by atoms with Crippen LogP contribution in [-0.4, -0.2) is 10.5 Å². The number of hydrogen-bond donors (Lipinski definition) is 1. The van der Waals surface area contributed by atoms with Crippen molar-refractivity contribution in [2.45, 2.75) is 19.9 Å². The fourth-order valence-corrected chi connectivity index (χ4v) is 1.11. The summed E-state index contributed by atoms with van der Waals surface area (Å²) < 4.78 is 1.78. The van der Waals surface area contributed by atoms with E-state index in [4.69, 9.17) is 5.73 Å². The number of rotatable bonds is 3. The molecule has 0 bridgehead atoms. The number of nitrogens with two attached hydrogens (primary N) is 1. The van der Waals surface area contributed by atoms with Crippen LogP contribution in [0.3, 0.4) is 0 Å². The molecule has 4 nitrogen and oxygen atoms in total. The molecule has 70 valence electrons. The van der Waals surface area contributed by atoms with E-state index >= 15 is 0 Å². The topological polar surface area (TPSA) is 65.1 Å². The number of carbonyl (C=O) groups is 1. The Labute approximate surface area is 76.0 Å². The molecule has 0 aliphatic heterocycles. The molecular formula is C9H12N2O2. The molecule has 0 fully saturated rings. The standard InChI is InChI=1S/C9H12N2O2/c1-2-4-11-5-3-8(12)7(6-11)9(10)13/h3,5-6H,2,4H2,1H3,(H2,10,13). The van der Waals surface area contributed by atoms with Crippen LogP contribution in [0.15, 0.2) is 23.3 Å². The zero-order chi connectivity index (χ0) is 9.84. The molecule has 0 saturated carbocycles. The molecular weight excluding hydrogens is 168 g/mol. The molecule has 0 atom stereocenters. The molecule has 1 aromatic heterocycles. The van der Waals surface area contributed by atoms with Crippen molar-refractivity contribution in [3.8, 4) is 0 Å². The molecule has 0 aliphatic rings. The number of aryl methyl sites for hydroxylation is 1. The van der Waals surface area contributed by atoms with Crippen LogP contribution in [0.4, 0.5) is 0 Å². The van der Waals surface area contributed by atoms with Gasteiger partial charge in [0.1, 0.15) is 5.56 Å². The van der Waals surface area contributed by atoms with E-state index in [1.807, 2.05) is 6.92 Å². The fourth-order valence-electron chi connectivity index (χ4n) is 1.11. The van der Waals surface area contributed by atoms with Crippen molar-refractivity contribution in [3.05, 3.63) is 34.2 Å². The van der Waals surface area contributed by atoms with Crippen LogP contribution in [0, 0.1) is 0 Å². The third-order valence-electron chi connectivity index (χ3n) is 1.73. The third-order valence-corrected chi connectivity index (χ3v) is 1.73. The number of aromatic nitrogens is 1. The SMILES string of the molecule is CCCn1ccc(=O)c(C(N)=O)c1. The van der Waals surface area contributed by atoms with Gasteiger partial charge < -0.3 is 10.3 Å². The van der Waals surface area contributed by atoms with E-state index in [9.17, 15) is 9.59 Å². The highest BCUT2D eigenvalue weighted by Crippen LogP contribution is 1.93. The molecule has 1 rings (SSSR count). The molecule has 1 amide bonds. The maximum atomic E-state index is 11.1. The van der Waals surface area contributed by atoms with Gasteiger partial charge in [0.15, 0.2) is 5.43 Å². The summed E-state index contributed by atoms with van der Waals surface area (Å²) >= 11 is 0. The van der Waals surface area contributed by atoms with E-state index in [0.29, 0.717) is 0 Å². The van der Waals surface area contributed by atoms with Crippen molar-refractivity contribution in [1.82, 2.24) is 4.57 Å². The minimum atomic E-state index is -0.671. The highest BCUT2D eigenvalue weighted by molar-refractivity contribution is 5.92. The predicted octanol–water partition coefficient (Wildman–Crippen LogP) is 0.357. The first-order valence-corrected chi connectivity index (χ1v) is 4.15. The van der Waals surface area contributed by atoms with E-state index in [0.717, 1.165) is 13.0 Å². The molecule has 0 unspecified atom stereocenters. The van der Waals surface area contributed by atoms with E-state index in [1.165, 1.54) is 12.3 Å². The molecule has 0 aliphatic carbocycles. The molecule has 4 heteroatoms. The van der Waals surface area contributed by atoms with Gasteiger partial charge in [0.2, 0.25) is 0 Å². The van der Waals surface area contributed by atoms with Gasteiger partial charge >= 0.3 is 0 Å². The van der Waals surface area contributed by atoms with Crippen LogP contribution in [0.5, 0.6) is 0 Å². The minimum Gasteiger partial charge on any atom is -0.365 e. The Bertz CT molecular complexity index is 368. The number of carbonyl (C=O) groups excluding carboxylic acids is 1. The summed E-state index contributed by atoms with van der Waals surface area (Å²) in [6.07, 6.45) is 4.09. The van der Waals surface area contributed by atoms with Gasteiger partial charge in [-0.15, -0.1) is 0 Å². The molecule has 13 heavy (non-hydrogen) atoms. The molecule has 0 aromatic carbocycles. The monoisotopic (exact) mass is 180 g/mol. The predicted molar refractivity (Wildman–Crippen MR) is 49.5 cm³/mol. The van der Waals surface area contributed by atoms with E-state index in [-0.39, 0.29) is 11.0 Å². The Morgan fingerprint density at radius 2 is 2.31 bits per heavy atom. The van der Waals surface area contributed by atoms with Crippen molar-refractivity contribution in [2.24, 2.45) is 5.73 Å². The first kappa shape index (κ1) is 9.51. The van der Waals surface area contributed by atoms with Crippen LogP contribution in [0.25, 0.3) is 0 Å². The van der Waals surface area contributed by atoms with Gasteiger partial charge in [0.05, 0.1) is 0 Å². The fraction of sp³-hybridized carbons (Fsp3) is 0.333. The lowest BCUT2D eigenvalue weighted by molar-refractivity contribution is 0.0998. The Balaban J connectivity index is 3.11. The number of hydrogen-bond acceptors (Lipinski definition) is 2. The lowest BCUT2D eigenvalue weighted by atomic mass is 10.2. The van der Waals surface area contributed by atoms with Gasteiger partial charge in [-0.1, -0.05) is 6.92 Å². The van der Waals surface area contributed by atoms with Crippen LogP contribution in [0.1, 0.15) is 23.7 Å². The molecule has 0 spiro atoms. The normalized spacial score (nSPS) is 9.92. The average molecular weight is 180 g/mol. The number of nitrogens with zero attached hydrogens (tertiary/aromatic N) is 1. The Morgan fingerprint density at radius 1 is 1.62 bits per heavy atom. The largest absolute Gasteiger partial charge is 0.365 e. The van der Waals surface area contributed by atoms with Crippen molar-refractivity contribution in [2.75, 3.05) is 0 Å². The van der Waals surface area contributed by atoms with Gasteiger partial charge in [-0.3, -0.25) is 9.59 Å². The smallest absolute Gasteiger partial charge is 0.254 e.